The highest BCUT2D eigenvalue weighted by Gasteiger charge is 2.29. The molecule has 1 fully saturated rings. The minimum Gasteiger partial charge on any atom is -0.326 e. The van der Waals surface area contributed by atoms with Crippen molar-refractivity contribution in [1.29, 1.82) is 0 Å². The van der Waals surface area contributed by atoms with Gasteiger partial charge in [0, 0.05) is 34.3 Å². The molecule has 1 saturated carbocycles. The van der Waals surface area contributed by atoms with Crippen molar-refractivity contribution in [3.63, 3.8) is 0 Å². The van der Waals surface area contributed by atoms with E-state index in [1.165, 1.54) is 0 Å². The van der Waals surface area contributed by atoms with Gasteiger partial charge in [-0.1, -0.05) is 11.8 Å². The Balaban J connectivity index is 1.39. The molecule has 30 heavy (non-hydrogen) atoms. The van der Waals surface area contributed by atoms with Crippen molar-refractivity contribution in [3.8, 4) is 0 Å². The van der Waals surface area contributed by atoms with Crippen LogP contribution in [0.5, 0.6) is 0 Å². The normalized spacial score (nSPS) is 13.5. The highest BCUT2D eigenvalue weighted by atomic mass is 127. The summed E-state index contributed by atoms with van der Waals surface area (Å²) in [6.45, 7) is 1.95. The molecule has 0 atom stereocenters. The lowest BCUT2D eigenvalue weighted by Gasteiger charge is -2.10. The van der Waals surface area contributed by atoms with Gasteiger partial charge >= 0.3 is 0 Å². The lowest BCUT2D eigenvalue weighted by molar-refractivity contribution is -0.117. The molecule has 10 heteroatoms. The number of halogens is 1. The molecule has 3 N–H and O–H groups in total. The van der Waals surface area contributed by atoms with Gasteiger partial charge in [-0.3, -0.25) is 14.3 Å². The van der Waals surface area contributed by atoms with Crippen LogP contribution in [-0.2, 0) is 4.79 Å². The fourth-order valence-corrected chi connectivity index (χ4v) is 4.43. The number of anilines is 3. The quantitative estimate of drug-likeness (QED) is 0.248. The first-order valence-electron chi connectivity index (χ1n) is 9.47. The SMILES string of the molecule is Cc1cc(Nc2nc(Sc3ccc(NC(=O)C4CC4)cc3)cc3ncc(I)n23)n[nH]1. The zero-order valence-electron chi connectivity index (χ0n) is 16.0. The lowest BCUT2D eigenvalue weighted by atomic mass is 10.3. The minimum absolute atomic E-state index is 0.112. The Morgan fingerprint density at radius 2 is 2.07 bits per heavy atom. The van der Waals surface area contributed by atoms with Gasteiger partial charge in [0.1, 0.15) is 14.4 Å². The summed E-state index contributed by atoms with van der Waals surface area (Å²) in [5, 5.41) is 14.2. The molecule has 5 rings (SSSR count). The molecule has 3 aromatic heterocycles. The van der Waals surface area contributed by atoms with Crippen LogP contribution in [0.25, 0.3) is 5.65 Å². The Hall–Kier alpha value is -2.60. The number of rotatable bonds is 6. The molecule has 0 aliphatic heterocycles. The van der Waals surface area contributed by atoms with E-state index in [0.717, 1.165) is 43.5 Å². The monoisotopic (exact) mass is 531 g/mol. The molecule has 1 aliphatic carbocycles. The van der Waals surface area contributed by atoms with Gasteiger partial charge in [0.15, 0.2) is 5.82 Å². The molecule has 8 nitrogen and oxygen atoms in total. The van der Waals surface area contributed by atoms with Crippen LogP contribution in [0, 0.1) is 16.5 Å². The standard InChI is InChI=1S/C20H18IN7OS/c1-11-8-16(27-26-11)24-20-25-18(9-17-22-10-15(21)28(17)20)30-14-6-4-13(5-7-14)23-19(29)12-2-3-12/h4-10,12H,2-3H2,1H3,(H,23,29)(H2,24,25,26,27). The summed E-state index contributed by atoms with van der Waals surface area (Å²) >= 11 is 3.78. The number of aromatic amines is 1. The summed E-state index contributed by atoms with van der Waals surface area (Å²) in [5.41, 5.74) is 2.59. The smallest absolute Gasteiger partial charge is 0.227 e. The van der Waals surface area contributed by atoms with Crippen LogP contribution in [0.2, 0.25) is 0 Å². The maximum atomic E-state index is 11.9. The number of amides is 1. The number of carbonyl (C=O) groups excluding carboxylic acids is 1. The summed E-state index contributed by atoms with van der Waals surface area (Å²) in [6.07, 6.45) is 3.80. The Labute approximate surface area is 190 Å². The molecule has 0 radical (unpaired) electrons. The second-order valence-electron chi connectivity index (χ2n) is 7.14. The first-order chi connectivity index (χ1) is 14.5. The maximum absolute atomic E-state index is 11.9. The largest absolute Gasteiger partial charge is 0.326 e. The molecule has 0 bridgehead atoms. The number of nitrogens with one attached hydrogen (secondary N) is 3. The van der Waals surface area contributed by atoms with E-state index in [1.54, 1.807) is 11.8 Å². The number of aromatic nitrogens is 5. The summed E-state index contributed by atoms with van der Waals surface area (Å²) in [7, 11) is 0. The first kappa shape index (κ1) is 19.4. The summed E-state index contributed by atoms with van der Waals surface area (Å²) < 4.78 is 2.91. The molecule has 0 saturated heterocycles. The third-order valence-corrected chi connectivity index (χ3v) is 6.35. The van der Waals surface area contributed by atoms with Gasteiger partial charge < -0.3 is 10.6 Å². The van der Waals surface area contributed by atoms with Crippen molar-refractivity contribution < 1.29 is 4.79 Å². The van der Waals surface area contributed by atoms with Gasteiger partial charge in [0.2, 0.25) is 11.9 Å². The predicted octanol–water partition coefficient (Wildman–Crippen LogP) is 4.61. The third kappa shape index (κ3) is 4.15. The Kier molecular flexibility index (Phi) is 5.11. The van der Waals surface area contributed by atoms with E-state index in [9.17, 15) is 4.79 Å². The van der Waals surface area contributed by atoms with Crippen LogP contribution in [-0.4, -0.2) is 30.5 Å². The van der Waals surface area contributed by atoms with E-state index in [4.69, 9.17) is 4.98 Å². The second-order valence-corrected chi connectivity index (χ2v) is 9.34. The minimum atomic E-state index is 0.112. The van der Waals surface area contributed by atoms with Crippen LogP contribution in [0.3, 0.4) is 0 Å². The van der Waals surface area contributed by atoms with Crippen molar-refractivity contribution >= 4 is 63.4 Å². The summed E-state index contributed by atoms with van der Waals surface area (Å²) in [4.78, 5) is 22.2. The second kappa shape index (κ2) is 7.91. The van der Waals surface area contributed by atoms with Gasteiger partial charge in [0.05, 0.1) is 6.20 Å². The number of hydrogen-bond donors (Lipinski definition) is 3. The van der Waals surface area contributed by atoms with Crippen LogP contribution >= 0.6 is 34.4 Å². The average Bonchev–Trinajstić information content (AvgIpc) is 3.41. The fraction of sp³-hybridized carbons (Fsp3) is 0.200. The zero-order chi connectivity index (χ0) is 20.7. The van der Waals surface area contributed by atoms with E-state index < -0.39 is 0 Å². The van der Waals surface area contributed by atoms with Crippen molar-refractivity contribution in [3.05, 3.63) is 52.0 Å². The Morgan fingerprint density at radius 1 is 1.27 bits per heavy atom. The number of benzene rings is 1. The molecule has 4 aromatic rings. The number of carbonyl (C=O) groups is 1. The molecular formula is C20H18IN7OS. The van der Waals surface area contributed by atoms with E-state index in [0.29, 0.717) is 11.8 Å². The number of H-pyrrole nitrogens is 1. The van der Waals surface area contributed by atoms with Crippen molar-refractivity contribution in [2.45, 2.75) is 29.7 Å². The number of nitrogens with zero attached hydrogens (tertiary/aromatic N) is 4. The lowest BCUT2D eigenvalue weighted by Crippen LogP contribution is -2.12. The topological polar surface area (TPSA) is 100 Å². The Bertz CT molecular complexity index is 1230. The molecule has 3 heterocycles. The van der Waals surface area contributed by atoms with Crippen molar-refractivity contribution in [1.82, 2.24) is 24.6 Å². The molecule has 0 spiro atoms. The van der Waals surface area contributed by atoms with E-state index in [1.807, 2.05) is 53.9 Å². The van der Waals surface area contributed by atoms with Gasteiger partial charge in [0.25, 0.3) is 0 Å². The van der Waals surface area contributed by atoms with E-state index in [2.05, 4.69) is 48.4 Å². The molecule has 0 unspecified atom stereocenters. The maximum Gasteiger partial charge on any atom is 0.227 e. The van der Waals surface area contributed by atoms with Crippen LogP contribution in [0.1, 0.15) is 18.5 Å². The highest BCUT2D eigenvalue weighted by Crippen LogP contribution is 2.32. The number of aryl methyl sites for hydroxylation is 1. The van der Waals surface area contributed by atoms with E-state index >= 15 is 0 Å². The molecular weight excluding hydrogens is 513 g/mol. The van der Waals surface area contributed by atoms with Gasteiger partial charge in [-0.2, -0.15) is 5.10 Å². The molecule has 1 aliphatic rings. The first-order valence-corrected chi connectivity index (χ1v) is 11.4. The molecule has 152 valence electrons. The van der Waals surface area contributed by atoms with Crippen LogP contribution in [0.4, 0.5) is 17.5 Å². The average molecular weight is 531 g/mol. The summed E-state index contributed by atoms with van der Waals surface area (Å²) in [5.74, 6) is 1.65. The number of hydrogen-bond acceptors (Lipinski definition) is 6. The van der Waals surface area contributed by atoms with Gasteiger partial charge in [-0.15, -0.1) is 0 Å². The van der Waals surface area contributed by atoms with Crippen molar-refractivity contribution in [2.75, 3.05) is 10.6 Å². The predicted molar refractivity (Wildman–Crippen MR) is 124 cm³/mol. The third-order valence-electron chi connectivity index (χ3n) is 4.66. The molecule has 1 amide bonds. The van der Waals surface area contributed by atoms with Gasteiger partial charge in [-0.25, -0.2) is 9.97 Å². The summed E-state index contributed by atoms with van der Waals surface area (Å²) in [6, 6.07) is 11.7. The number of fused-ring (bicyclic) bond motifs is 1. The fourth-order valence-electron chi connectivity index (χ4n) is 3.00. The van der Waals surface area contributed by atoms with Crippen LogP contribution in [0.15, 0.2) is 52.5 Å². The molecule has 1 aromatic carbocycles. The van der Waals surface area contributed by atoms with Gasteiger partial charge in [-0.05, 0) is 66.6 Å². The van der Waals surface area contributed by atoms with E-state index in [-0.39, 0.29) is 11.8 Å². The zero-order valence-corrected chi connectivity index (χ0v) is 19.0. The number of imidazole rings is 1. The highest BCUT2D eigenvalue weighted by molar-refractivity contribution is 14.1. The Morgan fingerprint density at radius 3 is 2.77 bits per heavy atom. The van der Waals surface area contributed by atoms with Crippen molar-refractivity contribution in [2.24, 2.45) is 5.92 Å². The van der Waals surface area contributed by atoms with Crippen LogP contribution < -0.4 is 10.6 Å².